The summed E-state index contributed by atoms with van der Waals surface area (Å²) >= 11 is 0. The smallest absolute Gasteiger partial charge is 0.308 e. The van der Waals surface area contributed by atoms with Crippen molar-refractivity contribution in [1.29, 1.82) is 0 Å². The first kappa shape index (κ1) is 48.7. The van der Waals surface area contributed by atoms with Crippen LogP contribution in [0.4, 0.5) is 13.2 Å². The number of aromatic nitrogens is 5. The summed E-state index contributed by atoms with van der Waals surface area (Å²) in [5, 5.41) is 1.87. The van der Waals surface area contributed by atoms with Gasteiger partial charge in [-0.15, -0.1) is 0 Å². The van der Waals surface area contributed by atoms with Gasteiger partial charge >= 0.3 is 6.18 Å². The topological polar surface area (TPSA) is 56.5 Å². The lowest BCUT2D eigenvalue weighted by Crippen LogP contribution is -2.10. The highest BCUT2D eigenvalue weighted by Crippen LogP contribution is 2.47. The van der Waals surface area contributed by atoms with E-state index < -0.39 is 11.7 Å². The third kappa shape index (κ3) is 9.16. The quantitative estimate of drug-likeness (QED) is 0.145. The predicted molar refractivity (Wildman–Crippen MR) is 309 cm³/mol. The SMILES string of the molecule is Cc1cc(C)c(-c2ccc3c4ccc(-c5c(C)cc(C)cc5C)cc4n(-c4c(-c5cc(-c6ccccc6)nc(-c6ccccc6)n5)cc(C(F)(F)F)cc4-c4cc(-c5ccccc5)nc(-c5ccccc5)n4)c3c2)c(C)c1. The Labute approximate surface area is 446 Å². The Balaban J connectivity index is 1.29. The van der Waals surface area contributed by atoms with Crippen molar-refractivity contribution in [3.05, 3.63) is 245 Å². The summed E-state index contributed by atoms with van der Waals surface area (Å²) in [6.07, 6.45) is -4.79. The average molecular weight is 1010 g/mol. The number of halogens is 3. The van der Waals surface area contributed by atoms with Crippen molar-refractivity contribution in [3.63, 3.8) is 0 Å². The van der Waals surface area contributed by atoms with E-state index in [1.165, 1.54) is 12.1 Å². The van der Waals surface area contributed by atoms with E-state index in [1.54, 1.807) is 0 Å². The maximum atomic E-state index is 16.2. The van der Waals surface area contributed by atoms with Gasteiger partial charge in [-0.1, -0.05) is 181 Å². The Kier molecular flexibility index (Phi) is 12.3. The zero-order chi connectivity index (χ0) is 53.1. The molecule has 0 aliphatic heterocycles. The molecule has 0 unspecified atom stereocenters. The summed E-state index contributed by atoms with van der Waals surface area (Å²) in [5.74, 6) is 0.739. The molecule has 9 aromatic carbocycles. The number of rotatable bonds is 9. The van der Waals surface area contributed by atoms with E-state index in [0.717, 1.165) is 99.7 Å². The Hall–Kier alpha value is -9.27. The molecule has 0 saturated heterocycles. The molecule has 12 rings (SSSR count). The lowest BCUT2D eigenvalue weighted by Gasteiger charge is -2.22. The van der Waals surface area contributed by atoms with Crippen molar-refractivity contribution >= 4 is 21.8 Å². The summed E-state index contributed by atoms with van der Waals surface area (Å²) in [6, 6.07) is 66.5. The molecule has 12 aromatic rings. The predicted octanol–water partition coefficient (Wildman–Crippen LogP) is 18.6. The summed E-state index contributed by atoms with van der Waals surface area (Å²) in [5.41, 5.74) is 17.4. The van der Waals surface area contributed by atoms with Crippen LogP contribution in [0, 0.1) is 41.5 Å². The normalized spacial score (nSPS) is 11.7. The lowest BCUT2D eigenvalue weighted by atomic mass is 9.92. The van der Waals surface area contributed by atoms with E-state index >= 15 is 13.2 Å². The molecular weight excluding hydrogens is 956 g/mol. The van der Waals surface area contributed by atoms with Gasteiger partial charge in [0.25, 0.3) is 0 Å². The number of hydrogen-bond donors (Lipinski definition) is 0. The van der Waals surface area contributed by atoms with Crippen LogP contribution in [-0.4, -0.2) is 24.5 Å². The van der Waals surface area contributed by atoms with Crippen molar-refractivity contribution in [2.24, 2.45) is 0 Å². The van der Waals surface area contributed by atoms with E-state index in [1.807, 2.05) is 133 Å². The van der Waals surface area contributed by atoms with Crippen LogP contribution in [0.1, 0.15) is 38.9 Å². The van der Waals surface area contributed by atoms with Gasteiger partial charge < -0.3 is 4.57 Å². The monoisotopic (exact) mass is 1010 g/mol. The van der Waals surface area contributed by atoms with Gasteiger partial charge in [-0.3, -0.25) is 0 Å². The summed E-state index contributed by atoms with van der Waals surface area (Å²) in [4.78, 5) is 20.8. The van der Waals surface area contributed by atoms with Gasteiger partial charge in [-0.2, -0.15) is 13.2 Å². The second-order valence-electron chi connectivity index (χ2n) is 20.2. The third-order valence-electron chi connectivity index (χ3n) is 14.6. The molecule has 0 atom stereocenters. The Bertz CT molecular complexity index is 3820. The maximum Gasteiger partial charge on any atom is 0.416 e. The largest absolute Gasteiger partial charge is 0.416 e. The van der Waals surface area contributed by atoms with Crippen LogP contribution < -0.4 is 0 Å². The highest BCUT2D eigenvalue weighted by Gasteiger charge is 2.35. The molecule has 0 radical (unpaired) electrons. The zero-order valence-corrected chi connectivity index (χ0v) is 43.5. The van der Waals surface area contributed by atoms with Crippen LogP contribution in [0.5, 0.6) is 0 Å². The van der Waals surface area contributed by atoms with Gasteiger partial charge in [0.15, 0.2) is 11.6 Å². The Morgan fingerprint density at radius 3 is 1.03 bits per heavy atom. The first-order valence-corrected chi connectivity index (χ1v) is 25.8. The molecular formula is C69H52F3N5. The number of alkyl halides is 3. The number of hydrogen-bond acceptors (Lipinski definition) is 4. The zero-order valence-electron chi connectivity index (χ0n) is 43.5. The fourth-order valence-corrected chi connectivity index (χ4v) is 11.4. The maximum absolute atomic E-state index is 16.2. The van der Waals surface area contributed by atoms with Crippen LogP contribution in [0.2, 0.25) is 0 Å². The Morgan fingerprint density at radius 2 is 0.675 bits per heavy atom. The van der Waals surface area contributed by atoms with E-state index in [-0.39, 0.29) is 11.1 Å². The average Bonchev–Trinajstić information content (AvgIpc) is 3.83. The molecule has 374 valence electrons. The van der Waals surface area contributed by atoms with Gasteiger partial charge in [0.1, 0.15) is 0 Å². The molecule has 0 spiro atoms. The summed E-state index contributed by atoms with van der Waals surface area (Å²) in [7, 11) is 0. The molecule has 0 aliphatic carbocycles. The number of benzene rings is 9. The van der Waals surface area contributed by atoms with Crippen LogP contribution in [-0.2, 0) is 6.18 Å². The molecule has 5 nitrogen and oxygen atoms in total. The minimum atomic E-state index is -4.79. The summed E-state index contributed by atoms with van der Waals surface area (Å²) in [6.45, 7) is 12.7. The van der Waals surface area contributed by atoms with Gasteiger partial charge in [0.05, 0.1) is 45.1 Å². The van der Waals surface area contributed by atoms with Crippen LogP contribution in [0.15, 0.2) is 206 Å². The minimum absolute atomic E-state index is 0.243. The van der Waals surface area contributed by atoms with Gasteiger partial charge in [-0.05, 0) is 122 Å². The first-order valence-electron chi connectivity index (χ1n) is 25.8. The summed E-state index contributed by atoms with van der Waals surface area (Å²) < 4.78 is 50.6. The molecule has 0 amide bonds. The van der Waals surface area contributed by atoms with E-state index in [2.05, 4.69) is 107 Å². The highest BCUT2D eigenvalue weighted by molar-refractivity contribution is 6.12. The molecule has 0 aliphatic rings. The molecule has 3 heterocycles. The Morgan fingerprint density at radius 1 is 0.338 bits per heavy atom. The van der Waals surface area contributed by atoms with Gasteiger partial charge in [-0.25, -0.2) is 19.9 Å². The molecule has 0 fully saturated rings. The van der Waals surface area contributed by atoms with Crippen LogP contribution >= 0.6 is 0 Å². The second-order valence-corrected chi connectivity index (χ2v) is 20.2. The first-order chi connectivity index (χ1) is 37.2. The highest BCUT2D eigenvalue weighted by atomic mass is 19.4. The standard InChI is InChI=1S/C69H52F3N5/c1-41-31-43(3)64(44(4)32-41)51-27-29-54-55-30-28-52(65-45(5)33-42(2)34-46(65)6)36-63(55)77(62(54)35-51)66-56(60-39-58(47-19-11-7-12-20-47)73-67(75-60)49-23-15-9-16-24-49)37-53(69(70,71)72)38-57(66)61-40-59(48-21-13-8-14-22-48)74-68(76-61)50-25-17-10-18-26-50/h7-40H,1-6H3. The van der Waals surface area contributed by atoms with Crippen LogP contribution in [0.3, 0.4) is 0 Å². The molecule has 0 bridgehead atoms. The van der Waals surface area contributed by atoms with Crippen LogP contribution in [0.25, 0.3) is 118 Å². The lowest BCUT2D eigenvalue weighted by molar-refractivity contribution is -0.137. The molecule has 77 heavy (non-hydrogen) atoms. The van der Waals surface area contributed by atoms with Crippen molar-refractivity contribution in [2.45, 2.75) is 47.7 Å². The van der Waals surface area contributed by atoms with Crippen molar-refractivity contribution in [3.8, 4) is 95.7 Å². The molecule has 8 heteroatoms. The van der Waals surface area contributed by atoms with Gasteiger partial charge in [0, 0.05) is 44.2 Å². The van der Waals surface area contributed by atoms with Crippen molar-refractivity contribution < 1.29 is 13.2 Å². The molecule has 3 aromatic heterocycles. The number of fused-ring (bicyclic) bond motifs is 3. The number of nitrogens with zero attached hydrogens (tertiary/aromatic N) is 5. The van der Waals surface area contributed by atoms with E-state index in [9.17, 15) is 0 Å². The van der Waals surface area contributed by atoms with Crippen molar-refractivity contribution in [2.75, 3.05) is 0 Å². The fraction of sp³-hybridized carbons (Fsp3) is 0.101. The molecule has 0 saturated carbocycles. The fourth-order valence-electron chi connectivity index (χ4n) is 11.4. The molecule has 0 N–H and O–H groups in total. The van der Waals surface area contributed by atoms with E-state index in [4.69, 9.17) is 19.9 Å². The van der Waals surface area contributed by atoms with Gasteiger partial charge in [0.2, 0.25) is 0 Å². The van der Waals surface area contributed by atoms with Crippen molar-refractivity contribution in [1.82, 2.24) is 24.5 Å². The number of aryl methyl sites for hydroxylation is 6. The minimum Gasteiger partial charge on any atom is -0.308 e. The third-order valence-corrected chi connectivity index (χ3v) is 14.6. The second kappa shape index (κ2) is 19.5. The van der Waals surface area contributed by atoms with E-state index in [0.29, 0.717) is 40.1 Å².